The second-order valence-electron chi connectivity index (χ2n) is 6.92. The number of unbranched alkanes of at least 4 members (excludes halogenated alkanes) is 3. The number of hydrogen-bond donors (Lipinski definition) is 0. The van der Waals surface area contributed by atoms with Gasteiger partial charge in [0, 0.05) is 7.26 Å². The van der Waals surface area contributed by atoms with Crippen LogP contribution >= 0.6 is 7.26 Å². The molecule has 0 heterocycles. The SMILES string of the molecule is CCCC[P+](CCCC)(CCCC)Cc1cccc(C(=O)OC)c1. The molecule has 136 valence electrons. The summed E-state index contributed by atoms with van der Waals surface area (Å²) < 4.78 is 4.89. The third-order valence-corrected chi connectivity index (χ3v) is 9.65. The van der Waals surface area contributed by atoms with Crippen LogP contribution in [0.15, 0.2) is 24.3 Å². The van der Waals surface area contributed by atoms with Crippen molar-refractivity contribution in [1.29, 1.82) is 0 Å². The zero-order valence-electron chi connectivity index (χ0n) is 16.1. The summed E-state index contributed by atoms with van der Waals surface area (Å²) in [5.74, 6) is -0.226. The first kappa shape index (κ1) is 21.2. The highest BCUT2D eigenvalue weighted by atomic mass is 31.2. The molecule has 0 aliphatic carbocycles. The first-order valence-corrected chi connectivity index (χ1v) is 12.2. The van der Waals surface area contributed by atoms with Gasteiger partial charge in [0.15, 0.2) is 0 Å². The van der Waals surface area contributed by atoms with Gasteiger partial charge in [-0.05, 0) is 37.0 Å². The van der Waals surface area contributed by atoms with Crippen LogP contribution in [0.25, 0.3) is 0 Å². The summed E-state index contributed by atoms with van der Waals surface area (Å²) in [7, 11) is 0.476. The molecule has 0 aliphatic rings. The maximum absolute atomic E-state index is 11.8. The van der Waals surface area contributed by atoms with Gasteiger partial charge in [-0.2, -0.15) is 0 Å². The Hall–Kier alpha value is -0.880. The maximum Gasteiger partial charge on any atom is 0.337 e. The smallest absolute Gasteiger partial charge is 0.337 e. The van der Waals surface area contributed by atoms with E-state index in [1.165, 1.54) is 75.8 Å². The molecule has 0 bridgehead atoms. The number of carbonyl (C=O) groups excluding carboxylic acids is 1. The van der Waals surface area contributed by atoms with Crippen molar-refractivity contribution < 1.29 is 9.53 Å². The Balaban J connectivity index is 3.01. The maximum atomic E-state index is 11.8. The highest BCUT2D eigenvalue weighted by Gasteiger charge is 2.35. The van der Waals surface area contributed by atoms with E-state index in [0.29, 0.717) is 5.56 Å². The average Bonchev–Trinajstić information content (AvgIpc) is 2.62. The van der Waals surface area contributed by atoms with Crippen LogP contribution in [0.1, 0.15) is 75.2 Å². The Labute approximate surface area is 149 Å². The molecule has 0 aromatic heterocycles. The lowest BCUT2D eigenvalue weighted by Gasteiger charge is -2.28. The van der Waals surface area contributed by atoms with Crippen LogP contribution < -0.4 is 0 Å². The fourth-order valence-electron chi connectivity index (χ4n) is 3.35. The Morgan fingerprint density at radius 3 is 1.96 bits per heavy atom. The quantitative estimate of drug-likeness (QED) is 0.322. The molecule has 1 aromatic rings. The van der Waals surface area contributed by atoms with E-state index in [9.17, 15) is 4.79 Å². The molecule has 0 spiro atoms. The van der Waals surface area contributed by atoms with Gasteiger partial charge in [0.25, 0.3) is 0 Å². The highest BCUT2D eigenvalue weighted by Crippen LogP contribution is 2.63. The predicted molar refractivity (Wildman–Crippen MR) is 108 cm³/mol. The second kappa shape index (κ2) is 11.6. The Morgan fingerprint density at radius 2 is 1.50 bits per heavy atom. The number of rotatable bonds is 12. The van der Waals surface area contributed by atoms with Crippen LogP contribution in [-0.4, -0.2) is 31.6 Å². The minimum atomic E-state index is -0.978. The Morgan fingerprint density at radius 1 is 0.958 bits per heavy atom. The molecule has 0 unspecified atom stereocenters. The van der Waals surface area contributed by atoms with Gasteiger partial charge in [-0.3, -0.25) is 0 Å². The zero-order chi connectivity index (χ0) is 17.8. The van der Waals surface area contributed by atoms with Crippen molar-refractivity contribution in [1.82, 2.24) is 0 Å². The van der Waals surface area contributed by atoms with E-state index >= 15 is 0 Å². The van der Waals surface area contributed by atoms with Crippen LogP contribution in [0.5, 0.6) is 0 Å². The third-order valence-electron chi connectivity index (χ3n) is 4.82. The minimum Gasteiger partial charge on any atom is -0.465 e. The van der Waals surface area contributed by atoms with Crippen LogP contribution in [0.2, 0.25) is 0 Å². The van der Waals surface area contributed by atoms with Crippen molar-refractivity contribution in [2.45, 2.75) is 65.5 Å². The Bertz CT molecular complexity index is 463. The summed E-state index contributed by atoms with van der Waals surface area (Å²) in [4.78, 5) is 11.8. The number of benzene rings is 1. The van der Waals surface area contributed by atoms with Gasteiger partial charge >= 0.3 is 5.97 Å². The van der Waals surface area contributed by atoms with E-state index in [1.807, 2.05) is 12.1 Å². The van der Waals surface area contributed by atoms with Crippen molar-refractivity contribution in [3.8, 4) is 0 Å². The van der Waals surface area contributed by atoms with E-state index in [-0.39, 0.29) is 5.97 Å². The highest BCUT2D eigenvalue weighted by molar-refractivity contribution is 7.75. The molecule has 3 heteroatoms. The molecule has 0 saturated heterocycles. The van der Waals surface area contributed by atoms with Crippen molar-refractivity contribution in [2.75, 3.05) is 25.6 Å². The van der Waals surface area contributed by atoms with Crippen LogP contribution in [0.4, 0.5) is 0 Å². The van der Waals surface area contributed by atoms with Gasteiger partial charge in [-0.25, -0.2) is 4.79 Å². The molecule has 0 amide bonds. The normalized spacial score (nSPS) is 11.5. The van der Waals surface area contributed by atoms with Crippen LogP contribution in [-0.2, 0) is 10.9 Å². The second-order valence-corrected chi connectivity index (χ2v) is 11.3. The molecule has 0 radical (unpaired) electrons. The molecule has 0 N–H and O–H groups in total. The number of hydrogen-bond acceptors (Lipinski definition) is 2. The van der Waals surface area contributed by atoms with Gasteiger partial charge in [-0.1, -0.05) is 52.2 Å². The first-order valence-electron chi connectivity index (χ1n) is 9.63. The summed E-state index contributed by atoms with van der Waals surface area (Å²) >= 11 is 0. The number of carbonyl (C=O) groups is 1. The van der Waals surface area contributed by atoms with Crippen LogP contribution in [0.3, 0.4) is 0 Å². The van der Waals surface area contributed by atoms with Gasteiger partial charge in [0.05, 0.1) is 37.3 Å². The lowest BCUT2D eigenvalue weighted by molar-refractivity contribution is 0.0600. The van der Waals surface area contributed by atoms with Crippen molar-refractivity contribution >= 4 is 13.2 Å². The third kappa shape index (κ3) is 6.93. The van der Waals surface area contributed by atoms with Gasteiger partial charge < -0.3 is 4.74 Å². The minimum absolute atomic E-state index is 0.226. The van der Waals surface area contributed by atoms with E-state index in [0.717, 1.165) is 0 Å². The van der Waals surface area contributed by atoms with Gasteiger partial charge in [-0.15, -0.1) is 0 Å². The summed E-state index contributed by atoms with van der Waals surface area (Å²) in [6, 6.07) is 8.13. The van der Waals surface area contributed by atoms with E-state index < -0.39 is 7.26 Å². The summed E-state index contributed by atoms with van der Waals surface area (Å²) in [6.07, 6.45) is 13.3. The predicted octanol–water partition coefficient (Wildman–Crippen LogP) is 6.39. The zero-order valence-corrected chi connectivity index (χ0v) is 17.0. The lowest BCUT2D eigenvalue weighted by Crippen LogP contribution is -2.12. The summed E-state index contributed by atoms with van der Waals surface area (Å²) in [5.41, 5.74) is 2.02. The standard InChI is InChI=1S/C21H36O2P/c1-5-8-14-24(15-9-6-2,16-10-7-3)18-19-12-11-13-20(17-19)21(22)23-4/h11-13,17H,5-10,14-16,18H2,1-4H3/q+1. The van der Waals surface area contributed by atoms with Crippen molar-refractivity contribution in [3.63, 3.8) is 0 Å². The molecule has 0 aliphatic heterocycles. The fraction of sp³-hybridized carbons (Fsp3) is 0.667. The molecule has 0 saturated carbocycles. The Kier molecular flexibility index (Phi) is 10.3. The monoisotopic (exact) mass is 351 g/mol. The van der Waals surface area contributed by atoms with Crippen LogP contribution in [0, 0.1) is 0 Å². The van der Waals surface area contributed by atoms with E-state index in [1.54, 1.807) is 0 Å². The number of methoxy groups -OCH3 is 1. The van der Waals surface area contributed by atoms with Gasteiger partial charge in [0.2, 0.25) is 0 Å². The molecular weight excluding hydrogens is 315 g/mol. The van der Waals surface area contributed by atoms with Gasteiger partial charge in [0.1, 0.15) is 0 Å². The number of esters is 1. The lowest BCUT2D eigenvalue weighted by atomic mass is 10.1. The average molecular weight is 351 g/mol. The molecule has 0 atom stereocenters. The van der Waals surface area contributed by atoms with E-state index in [2.05, 4.69) is 32.9 Å². The summed E-state index contributed by atoms with van der Waals surface area (Å²) in [5, 5.41) is 0. The van der Waals surface area contributed by atoms with Crippen molar-refractivity contribution in [2.24, 2.45) is 0 Å². The molecule has 24 heavy (non-hydrogen) atoms. The molecule has 1 aromatic carbocycles. The van der Waals surface area contributed by atoms with E-state index in [4.69, 9.17) is 4.74 Å². The largest absolute Gasteiger partial charge is 0.465 e. The first-order chi connectivity index (χ1) is 11.6. The summed E-state index contributed by atoms with van der Waals surface area (Å²) in [6.45, 7) is 6.89. The molecule has 1 rings (SSSR count). The molecule has 0 fully saturated rings. The molecular formula is C21H36O2P+. The van der Waals surface area contributed by atoms with Crippen molar-refractivity contribution in [3.05, 3.63) is 35.4 Å². The fourth-order valence-corrected chi connectivity index (χ4v) is 8.43. The topological polar surface area (TPSA) is 26.3 Å². The number of ether oxygens (including phenoxy) is 1. The molecule has 2 nitrogen and oxygen atoms in total.